The summed E-state index contributed by atoms with van der Waals surface area (Å²) in [6.07, 6.45) is -4.93. The van der Waals surface area contributed by atoms with Crippen LogP contribution in [0.25, 0.3) is 0 Å². The fourth-order valence-electron chi connectivity index (χ4n) is 0.973. The van der Waals surface area contributed by atoms with Crippen LogP contribution in [0.1, 0.15) is 5.69 Å². The highest BCUT2D eigenvalue weighted by Crippen LogP contribution is 2.45. The lowest BCUT2D eigenvalue weighted by molar-refractivity contribution is -0.291. The fraction of sp³-hybridized carbons (Fsp3) is 0.500. The van der Waals surface area contributed by atoms with Gasteiger partial charge in [0.25, 0.3) is 0 Å². The summed E-state index contributed by atoms with van der Waals surface area (Å²) in [6.45, 7) is 0. The molecular formula is C6H6F5N3. The van der Waals surface area contributed by atoms with Crippen LogP contribution >= 0.6 is 0 Å². The Morgan fingerprint density at radius 3 is 2.07 bits per heavy atom. The van der Waals surface area contributed by atoms with Crippen molar-refractivity contribution in [3.05, 3.63) is 11.9 Å². The minimum Gasteiger partial charge on any atom is -0.396 e. The Balaban J connectivity index is 3.29. The molecule has 1 aromatic rings. The topological polar surface area (TPSA) is 43.8 Å². The van der Waals surface area contributed by atoms with E-state index in [4.69, 9.17) is 5.73 Å². The molecular weight excluding hydrogens is 209 g/mol. The Bertz CT molecular complexity index is 320. The van der Waals surface area contributed by atoms with Gasteiger partial charge in [0, 0.05) is 7.05 Å². The molecule has 3 nitrogen and oxygen atoms in total. The van der Waals surface area contributed by atoms with Crippen molar-refractivity contribution in [1.29, 1.82) is 0 Å². The van der Waals surface area contributed by atoms with E-state index in [2.05, 4.69) is 5.10 Å². The maximum absolute atomic E-state index is 12.8. The summed E-state index contributed by atoms with van der Waals surface area (Å²) in [4.78, 5) is 0. The van der Waals surface area contributed by atoms with Crippen LogP contribution in [-0.2, 0) is 13.0 Å². The molecule has 0 spiro atoms. The van der Waals surface area contributed by atoms with Crippen molar-refractivity contribution in [2.24, 2.45) is 7.05 Å². The van der Waals surface area contributed by atoms with Crippen LogP contribution in [0.15, 0.2) is 6.20 Å². The molecule has 1 rings (SSSR count). The molecule has 0 bridgehead atoms. The standard InChI is InChI=1S/C6H6F5N3/c1-14-4(3(12)2-13-14)5(7,8)6(9,10)11/h2H,12H2,1H3. The highest BCUT2D eigenvalue weighted by atomic mass is 19.4. The van der Waals surface area contributed by atoms with Gasteiger partial charge in [-0.1, -0.05) is 0 Å². The van der Waals surface area contributed by atoms with Crippen molar-refractivity contribution in [3.8, 4) is 0 Å². The normalized spacial score (nSPS) is 13.3. The Morgan fingerprint density at radius 1 is 1.29 bits per heavy atom. The number of hydrogen-bond acceptors (Lipinski definition) is 2. The van der Waals surface area contributed by atoms with Gasteiger partial charge in [-0.05, 0) is 0 Å². The molecule has 0 atom stereocenters. The third kappa shape index (κ3) is 1.40. The number of anilines is 1. The lowest BCUT2D eigenvalue weighted by atomic mass is 10.2. The summed E-state index contributed by atoms with van der Waals surface area (Å²) in [7, 11) is 0.964. The summed E-state index contributed by atoms with van der Waals surface area (Å²) in [5, 5.41) is 3.21. The Kier molecular flexibility index (Phi) is 2.17. The molecule has 0 saturated heterocycles. The third-order valence-corrected chi connectivity index (χ3v) is 1.62. The molecule has 0 aliphatic carbocycles. The molecule has 1 aromatic heterocycles. The highest BCUT2D eigenvalue weighted by molar-refractivity contribution is 5.44. The predicted octanol–water partition coefficient (Wildman–Crippen LogP) is 1.66. The molecule has 14 heavy (non-hydrogen) atoms. The van der Waals surface area contributed by atoms with E-state index in [0.717, 1.165) is 13.2 Å². The molecule has 0 aliphatic rings. The summed E-state index contributed by atoms with van der Waals surface area (Å²) in [5.41, 5.74) is 2.93. The number of hydrogen-bond donors (Lipinski definition) is 1. The van der Waals surface area contributed by atoms with Gasteiger partial charge >= 0.3 is 12.1 Å². The first-order valence-corrected chi connectivity index (χ1v) is 3.40. The van der Waals surface area contributed by atoms with Gasteiger partial charge in [-0.25, -0.2) is 0 Å². The zero-order valence-electron chi connectivity index (χ0n) is 6.94. The number of rotatable bonds is 1. The van der Waals surface area contributed by atoms with E-state index in [-0.39, 0.29) is 0 Å². The SMILES string of the molecule is Cn1ncc(N)c1C(F)(F)C(F)(F)F. The number of nitrogens with zero attached hydrogens (tertiary/aromatic N) is 2. The lowest BCUT2D eigenvalue weighted by Gasteiger charge is -2.20. The van der Waals surface area contributed by atoms with Crippen molar-refractivity contribution in [2.75, 3.05) is 5.73 Å². The summed E-state index contributed by atoms with van der Waals surface area (Å²) >= 11 is 0. The van der Waals surface area contributed by atoms with E-state index in [1.807, 2.05) is 0 Å². The number of aromatic nitrogens is 2. The van der Waals surface area contributed by atoms with Crippen LogP contribution < -0.4 is 5.73 Å². The van der Waals surface area contributed by atoms with E-state index < -0.39 is 23.5 Å². The molecule has 8 heteroatoms. The highest BCUT2D eigenvalue weighted by Gasteiger charge is 2.61. The van der Waals surface area contributed by atoms with Crippen LogP contribution in [0.3, 0.4) is 0 Å². The average molecular weight is 215 g/mol. The zero-order chi connectivity index (χ0) is 11.1. The van der Waals surface area contributed by atoms with Crippen molar-refractivity contribution in [2.45, 2.75) is 12.1 Å². The van der Waals surface area contributed by atoms with Crippen molar-refractivity contribution < 1.29 is 22.0 Å². The summed E-state index contributed by atoms with van der Waals surface area (Å²) < 4.78 is 61.6. The second kappa shape index (κ2) is 2.82. The largest absolute Gasteiger partial charge is 0.459 e. The number of nitrogen functional groups attached to an aromatic ring is 1. The Labute approximate surface area is 75.3 Å². The van der Waals surface area contributed by atoms with Crippen LogP contribution in [0.5, 0.6) is 0 Å². The second-order valence-corrected chi connectivity index (χ2v) is 2.64. The van der Waals surface area contributed by atoms with Crippen molar-refractivity contribution in [1.82, 2.24) is 9.78 Å². The van der Waals surface area contributed by atoms with E-state index in [1.54, 1.807) is 0 Å². The molecule has 0 aromatic carbocycles. The minimum atomic E-state index is -5.67. The molecule has 0 aliphatic heterocycles. The second-order valence-electron chi connectivity index (χ2n) is 2.64. The van der Waals surface area contributed by atoms with Gasteiger partial charge in [-0.3, -0.25) is 4.68 Å². The first kappa shape index (κ1) is 10.7. The van der Waals surface area contributed by atoms with E-state index in [9.17, 15) is 22.0 Å². The molecule has 1 heterocycles. The molecule has 0 fully saturated rings. The van der Waals surface area contributed by atoms with Gasteiger partial charge in [0.1, 0.15) is 5.69 Å². The van der Waals surface area contributed by atoms with Crippen LogP contribution in [0, 0.1) is 0 Å². The molecule has 0 saturated carbocycles. The van der Waals surface area contributed by atoms with E-state index >= 15 is 0 Å². The van der Waals surface area contributed by atoms with Crippen LogP contribution in [0.4, 0.5) is 27.6 Å². The monoisotopic (exact) mass is 215 g/mol. The molecule has 2 N–H and O–H groups in total. The smallest absolute Gasteiger partial charge is 0.396 e. The van der Waals surface area contributed by atoms with Crippen molar-refractivity contribution >= 4 is 5.69 Å². The van der Waals surface area contributed by atoms with Gasteiger partial charge in [0.2, 0.25) is 0 Å². The van der Waals surface area contributed by atoms with Gasteiger partial charge in [-0.2, -0.15) is 27.1 Å². The minimum absolute atomic E-state index is 0.406. The summed E-state index contributed by atoms with van der Waals surface area (Å²) in [5.74, 6) is -4.98. The molecule has 0 radical (unpaired) electrons. The number of nitrogens with two attached hydrogens (primary N) is 1. The van der Waals surface area contributed by atoms with Gasteiger partial charge < -0.3 is 5.73 Å². The maximum Gasteiger partial charge on any atom is 0.459 e. The molecule has 80 valence electrons. The fourth-order valence-corrected chi connectivity index (χ4v) is 0.973. The molecule has 0 unspecified atom stereocenters. The van der Waals surface area contributed by atoms with Crippen LogP contribution in [0.2, 0.25) is 0 Å². The maximum atomic E-state index is 12.8. The van der Waals surface area contributed by atoms with E-state index in [1.165, 1.54) is 0 Å². The average Bonchev–Trinajstić information content (AvgIpc) is 2.28. The third-order valence-electron chi connectivity index (χ3n) is 1.62. The predicted molar refractivity (Wildman–Crippen MR) is 37.6 cm³/mol. The quantitative estimate of drug-likeness (QED) is 0.724. The van der Waals surface area contributed by atoms with Gasteiger partial charge in [-0.15, -0.1) is 0 Å². The van der Waals surface area contributed by atoms with Gasteiger partial charge in [0.05, 0.1) is 11.9 Å². The number of alkyl halides is 5. The van der Waals surface area contributed by atoms with Crippen LogP contribution in [-0.4, -0.2) is 16.0 Å². The molecule has 0 amide bonds. The van der Waals surface area contributed by atoms with E-state index in [0.29, 0.717) is 4.68 Å². The first-order valence-electron chi connectivity index (χ1n) is 3.40. The van der Waals surface area contributed by atoms with Gasteiger partial charge in [0.15, 0.2) is 0 Å². The zero-order valence-corrected chi connectivity index (χ0v) is 6.94. The lowest BCUT2D eigenvalue weighted by Crippen LogP contribution is -2.36. The Morgan fingerprint density at radius 2 is 1.79 bits per heavy atom. The van der Waals surface area contributed by atoms with Crippen molar-refractivity contribution in [3.63, 3.8) is 0 Å². The Hall–Kier alpha value is -1.34. The summed E-state index contributed by atoms with van der Waals surface area (Å²) in [6, 6.07) is 0. The first-order chi connectivity index (χ1) is 6.18. The number of aryl methyl sites for hydroxylation is 1. The number of halogens is 5.